The number of methoxy groups -OCH3 is 1. The fourth-order valence-corrected chi connectivity index (χ4v) is 1.26. The van der Waals surface area contributed by atoms with Crippen LogP contribution in [0, 0.1) is 0 Å². The summed E-state index contributed by atoms with van der Waals surface area (Å²) in [6.07, 6.45) is -5.22. The van der Waals surface area contributed by atoms with Crippen molar-refractivity contribution in [3.05, 3.63) is 29.8 Å². The Kier molecular flexibility index (Phi) is 4.93. The highest BCUT2D eigenvalue weighted by Gasteiger charge is 2.30. The number of nitrogens with one attached hydrogen (secondary N) is 3. The molecular weight excluding hydrogens is 283 g/mol. The third-order valence-electron chi connectivity index (χ3n) is 1.91. The van der Waals surface area contributed by atoms with Gasteiger partial charge in [-0.25, -0.2) is 10.2 Å². The second-order valence-corrected chi connectivity index (χ2v) is 3.68. The van der Waals surface area contributed by atoms with Gasteiger partial charge in [-0.1, -0.05) is 6.07 Å². The maximum absolute atomic E-state index is 12.5. The standard InChI is InChI=1S/C10H10F3N3O2S/c1-18-9(17)16-15-8(19)14-7-4-2-3-6(5-7)10(11,12)13/h2-5H,1H3,(H,16,17)(H2,14,15,19). The Bertz CT molecular complexity index is 479. The second kappa shape index (κ2) is 6.23. The largest absolute Gasteiger partial charge is 0.452 e. The summed E-state index contributed by atoms with van der Waals surface area (Å²) in [6, 6.07) is 4.48. The second-order valence-electron chi connectivity index (χ2n) is 3.27. The van der Waals surface area contributed by atoms with Crippen LogP contribution in [0.1, 0.15) is 5.56 Å². The molecule has 1 amide bonds. The summed E-state index contributed by atoms with van der Waals surface area (Å²) in [5.41, 5.74) is 3.65. The topological polar surface area (TPSA) is 62.4 Å². The molecule has 1 aromatic carbocycles. The number of thiocarbonyl (C=S) groups is 1. The van der Waals surface area contributed by atoms with Crippen LogP contribution in [-0.4, -0.2) is 18.3 Å². The molecule has 5 nitrogen and oxygen atoms in total. The third kappa shape index (κ3) is 5.00. The Hall–Kier alpha value is -2.03. The van der Waals surface area contributed by atoms with Crippen LogP contribution in [0.5, 0.6) is 0 Å². The maximum Gasteiger partial charge on any atom is 0.425 e. The van der Waals surface area contributed by atoms with Crippen molar-refractivity contribution < 1.29 is 22.7 Å². The van der Waals surface area contributed by atoms with Crippen molar-refractivity contribution >= 4 is 29.1 Å². The Labute approximate surface area is 112 Å². The Morgan fingerprint density at radius 1 is 1.32 bits per heavy atom. The summed E-state index contributed by atoms with van der Waals surface area (Å²) < 4.78 is 41.6. The Morgan fingerprint density at radius 3 is 2.58 bits per heavy atom. The van der Waals surface area contributed by atoms with E-state index in [1.54, 1.807) is 0 Å². The van der Waals surface area contributed by atoms with E-state index >= 15 is 0 Å². The molecule has 0 saturated heterocycles. The van der Waals surface area contributed by atoms with Gasteiger partial charge >= 0.3 is 12.3 Å². The van der Waals surface area contributed by atoms with Crippen molar-refractivity contribution in [2.24, 2.45) is 0 Å². The van der Waals surface area contributed by atoms with Gasteiger partial charge in [0.2, 0.25) is 0 Å². The number of alkyl halides is 3. The quantitative estimate of drug-likeness (QED) is 0.547. The van der Waals surface area contributed by atoms with Crippen LogP contribution >= 0.6 is 12.2 Å². The first-order valence-electron chi connectivity index (χ1n) is 4.91. The zero-order chi connectivity index (χ0) is 14.5. The van der Waals surface area contributed by atoms with E-state index in [1.807, 2.05) is 0 Å². The number of rotatable bonds is 1. The van der Waals surface area contributed by atoms with Crippen molar-refractivity contribution in [2.45, 2.75) is 6.18 Å². The van der Waals surface area contributed by atoms with Gasteiger partial charge in [-0.2, -0.15) is 13.2 Å². The van der Waals surface area contributed by atoms with Gasteiger partial charge in [0.15, 0.2) is 5.11 Å². The molecule has 19 heavy (non-hydrogen) atoms. The van der Waals surface area contributed by atoms with Crippen LogP contribution in [0.25, 0.3) is 0 Å². The average molecular weight is 293 g/mol. The predicted molar refractivity (Wildman–Crippen MR) is 66.3 cm³/mol. The summed E-state index contributed by atoms with van der Waals surface area (Å²) in [5.74, 6) is 0. The van der Waals surface area contributed by atoms with E-state index in [1.165, 1.54) is 12.1 Å². The van der Waals surface area contributed by atoms with Crippen molar-refractivity contribution in [1.29, 1.82) is 0 Å². The highest BCUT2D eigenvalue weighted by Crippen LogP contribution is 2.30. The molecule has 0 unspecified atom stereocenters. The first-order valence-corrected chi connectivity index (χ1v) is 5.32. The Balaban J connectivity index is 2.62. The first-order chi connectivity index (χ1) is 8.82. The minimum Gasteiger partial charge on any atom is -0.452 e. The summed E-state index contributed by atoms with van der Waals surface area (Å²) in [6.45, 7) is 0. The molecule has 0 radical (unpaired) electrons. The summed E-state index contributed by atoms with van der Waals surface area (Å²) in [5, 5.41) is 2.40. The van der Waals surface area contributed by atoms with Gasteiger partial charge in [0.05, 0.1) is 12.7 Å². The fourth-order valence-electron chi connectivity index (χ4n) is 1.09. The lowest BCUT2D eigenvalue weighted by molar-refractivity contribution is -0.137. The summed E-state index contributed by atoms with van der Waals surface area (Å²) >= 11 is 4.77. The zero-order valence-electron chi connectivity index (χ0n) is 9.67. The van der Waals surface area contributed by atoms with Crippen molar-refractivity contribution in [1.82, 2.24) is 10.9 Å². The van der Waals surface area contributed by atoms with Crippen LogP contribution in [0.2, 0.25) is 0 Å². The minimum absolute atomic E-state index is 0.0790. The molecule has 9 heteroatoms. The minimum atomic E-state index is -4.43. The van der Waals surface area contributed by atoms with Crippen molar-refractivity contribution in [3.8, 4) is 0 Å². The van der Waals surface area contributed by atoms with Gasteiger partial charge in [-0.05, 0) is 30.4 Å². The molecule has 0 heterocycles. The number of amides is 1. The fraction of sp³-hybridized carbons (Fsp3) is 0.200. The van der Waals surface area contributed by atoms with E-state index in [2.05, 4.69) is 20.9 Å². The van der Waals surface area contributed by atoms with Crippen LogP contribution in [0.15, 0.2) is 24.3 Å². The number of hydrogen-bond donors (Lipinski definition) is 3. The van der Waals surface area contributed by atoms with Gasteiger partial charge < -0.3 is 10.1 Å². The van der Waals surface area contributed by atoms with Crippen LogP contribution < -0.4 is 16.2 Å². The van der Waals surface area contributed by atoms with Gasteiger partial charge in [0.25, 0.3) is 0 Å². The molecule has 0 aliphatic heterocycles. The molecule has 0 bridgehead atoms. The van der Waals surface area contributed by atoms with E-state index < -0.39 is 17.8 Å². The van der Waals surface area contributed by atoms with Crippen LogP contribution in [0.4, 0.5) is 23.7 Å². The number of benzene rings is 1. The normalized spacial score (nSPS) is 10.5. The lowest BCUT2D eigenvalue weighted by atomic mass is 10.2. The lowest BCUT2D eigenvalue weighted by Crippen LogP contribution is -2.43. The van der Waals surface area contributed by atoms with E-state index in [4.69, 9.17) is 12.2 Å². The summed E-state index contributed by atoms with van der Waals surface area (Å²) in [7, 11) is 1.15. The van der Waals surface area contributed by atoms with Gasteiger partial charge in [-0.15, -0.1) is 0 Å². The van der Waals surface area contributed by atoms with E-state index in [9.17, 15) is 18.0 Å². The molecule has 0 aliphatic carbocycles. The molecule has 1 aromatic rings. The molecule has 104 valence electrons. The van der Waals surface area contributed by atoms with Crippen molar-refractivity contribution in [2.75, 3.05) is 12.4 Å². The predicted octanol–water partition coefficient (Wildman–Crippen LogP) is 2.26. The molecule has 0 atom stereocenters. The van der Waals surface area contributed by atoms with Crippen molar-refractivity contribution in [3.63, 3.8) is 0 Å². The average Bonchev–Trinajstić information content (AvgIpc) is 2.35. The van der Waals surface area contributed by atoms with E-state index in [-0.39, 0.29) is 10.8 Å². The monoisotopic (exact) mass is 293 g/mol. The molecular formula is C10H10F3N3O2S. The summed E-state index contributed by atoms with van der Waals surface area (Å²) in [4.78, 5) is 10.7. The molecule has 1 rings (SSSR count). The number of hydrazine groups is 1. The number of halogens is 3. The first kappa shape index (κ1) is 15.0. The van der Waals surface area contributed by atoms with E-state index in [0.29, 0.717) is 0 Å². The molecule has 3 N–H and O–H groups in total. The Morgan fingerprint density at radius 2 is 2.00 bits per heavy atom. The van der Waals surface area contributed by atoms with Gasteiger partial charge in [0, 0.05) is 5.69 Å². The SMILES string of the molecule is COC(=O)NNC(=S)Nc1cccc(C(F)(F)F)c1. The van der Waals surface area contributed by atoms with E-state index in [0.717, 1.165) is 19.2 Å². The number of hydrogen-bond acceptors (Lipinski definition) is 3. The molecule has 0 saturated carbocycles. The van der Waals surface area contributed by atoms with Crippen LogP contribution in [-0.2, 0) is 10.9 Å². The number of anilines is 1. The molecule has 0 fully saturated rings. The molecule has 0 spiro atoms. The molecule has 0 aliphatic rings. The zero-order valence-corrected chi connectivity index (χ0v) is 10.5. The smallest absolute Gasteiger partial charge is 0.425 e. The molecule has 0 aromatic heterocycles. The highest BCUT2D eigenvalue weighted by atomic mass is 32.1. The van der Waals surface area contributed by atoms with Crippen LogP contribution in [0.3, 0.4) is 0 Å². The van der Waals surface area contributed by atoms with Gasteiger partial charge in [0.1, 0.15) is 0 Å². The number of ether oxygens (including phenoxy) is 1. The number of carbonyl (C=O) groups is 1. The third-order valence-corrected chi connectivity index (χ3v) is 2.12. The number of carbonyl (C=O) groups excluding carboxylic acids is 1. The highest BCUT2D eigenvalue weighted by molar-refractivity contribution is 7.80. The maximum atomic E-state index is 12.5. The lowest BCUT2D eigenvalue weighted by Gasteiger charge is -2.12. The van der Waals surface area contributed by atoms with Gasteiger partial charge in [-0.3, -0.25) is 5.43 Å².